The van der Waals surface area contributed by atoms with Gasteiger partial charge in [0, 0.05) is 5.56 Å². The fraction of sp³-hybridized carbons (Fsp3) is 0.333. The molecule has 0 fully saturated rings. The fourth-order valence-electron chi connectivity index (χ4n) is 2.26. The van der Waals surface area contributed by atoms with Gasteiger partial charge in [0.05, 0.1) is 16.8 Å². The van der Waals surface area contributed by atoms with E-state index in [1.54, 1.807) is 24.3 Å². The molecule has 0 amide bonds. The van der Waals surface area contributed by atoms with Crippen molar-refractivity contribution in [3.63, 3.8) is 0 Å². The molecule has 2 rings (SSSR count). The summed E-state index contributed by atoms with van der Waals surface area (Å²) in [6.45, 7) is 8.12. The Balaban J connectivity index is 2.36. The number of alkyl halides is 1. The van der Waals surface area contributed by atoms with Gasteiger partial charge >= 0.3 is 0 Å². The molecule has 4 nitrogen and oxygen atoms in total. The molecule has 1 aromatic rings. The summed E-state index contributed by atoms with van der Waals surface area (Å²) in [7, 11) is 0. The molecule has 1 atom stereocenters. The number of aryl methyl sites for hydroxylation is 1. The minimum absolute atomic E-state index is 0.177. The molecule has 0 radical (unpaired) electrons. The lowest BCUT2D eigenvalue weighted by atomic mass is 9.85. The quantitative estimate of drug-likeness (QED) is 0.423. The van der Waals surface area contributed by atoms with Crippen LogP contribution < -0.4 is 5.43 Å². The largest absolute Gasteiger partial charge is 0.505 e. The molecule has 1 unspecified atom stereocenters. The number of aromatic hydroxyl groups is 1. The molecule has 0 aromatic heterocycles. The van der Waals surface area contributed by atoms with Gasteiger partial charge in [-0.25, -0.2) is 0 Å². The highest BCUT2D eigenvalue weighted by Gasteiger charge is 2.20. The van der Waals surface area contributed by atoms with Gasteiger partial charge in [0.15, 0.2) is 0 Å². The van der Waals surface area contributed by atoms with Gasteiger partial charge in [-0.2, -0.15) is 5.10 Å². The van der Waals surface area contributed by atoms with E-state index in [4.69, 9.17) is 17.0 Å². The van der Waals surface area contributed by atoms with Gasteiger partial charge in [0.1, 0.15) is 11.5 Å². The van der Waals surface area contributed by atoms with Crippen molar-refractivity contribution in [3.05, 3.63) is 47.6 Å². The second-order valence-electron chi connectivity index (χ2n) is 6.64. The number of hydrogen-bond donors (Lipinski definition) is 3. The number of hydrazone groups is 1. The first-order valence-electron chi connectivity index (χ1n) is 7.45. The van der Waals surface area contributed by atoms with Crippen molar-refractivity contribution >= 4 is 28.7 Å². The van der Waals surface area contributed by atoms with E-state index in [2.05, 4.69) is 10.5 Å². The summed E-state index contributed by atoms with van der Waals surface area (Å²) in [6.07, 6.45) is 6.81. The number of phenolic OH excluding ortho intramolecular Hbond substituents is 1. The van der Waals surface area contributed by atoms with E-state index in [9.17, 15) is 5.11 Å². The van der Waals surface area contributed by atoms with Crippen LogP contribution in [0.25, 0.3) is 0 Å². The zero-order chi connectivity index (χ0) is 17.2. The highest BCUT2D eigenvalue weighted by molar-refractivity contribution is 6.50. The lowest BCUT2D eigenvalue weighted by Crippen LogP contribution is -2.13. The summed E-state index contributed by atoms with van der Waals surface area (Å²) in [5.74, 6) is 0.183. The number of hydrogen-bond acceptors (Lipinski definition) is 4. The SMILES string of the molecule is Cc1cc(N/N=C2/C=CC(Cl)C=CC2=N)c(O)c(C(C)(C)C)c1. The van der Waals surface area contributed by atoms with Crippen molar-refractivity contribution in [2.75, 3.05) is 5.43 Å². The molecule has 5 heteroatoms. The average Bonchev–Trinajstić information content (AvgIpc) is 2.61. The van der Waals surface area contributed by atoms with Gasteiger partial charge in [-0.1, -0.05) is 39.0 Å². The Morgan fingerprint density at radius 3 is 2.52 bits per heavy atom. The molecule has 1 aliphatic carbocycles. The molecule has 0 saturated heterocycles. The number of phenols is 1. The van der Waals surface area contributed by atoms with Crippen LogP contribution in [-0.2, 0) is 5.41 Å². The van der Waals surface area contributed by atoms with E-state index in [1.165, 1.54) is 0 Å². The van der Waals surface area contributed by atoms with Crippen molar-refractivity contribution in [2.45, 2.75) is 38.5 Å². The minimum atomic E-state index is -0.247. The maximum atomic E-state index is 10.5. The van der Waals surface area contributed by atoms with Crippen LogP contribution in [0, 0.1) is 12.3 Å². The highest BCUT2D eigenvalue weighted by atomic mass is 35.5. The molecule has 0 bridgehead atoms. The maximum Gasteiger partial charge on any atom is 0.144 e. The molecular formula is C18H22ClN3O. The number of nitrogens with one attached hydrogen (secondary N) is 2. The van der Waals surface area contributed by atoms with E-state index < -0.39 is 0 Å². The zero-order valence-corrected chi connectivity index (χ0v) is 14.6. The summed E-state index contributed by atoms with van der Waals surface area (Å²) in [4.78, 5) is 0. The van der Waals surface area contributed by atoms with Crippen molar-refractivity contribution in [1.29, 1.82) is 5.41 Å². The van der Waals surface area contributed by atoms with E-state index in [0.717, 1.165) is 11.1 Å². The molecule has 0 spiro atoms. The molecular weight excluding hydrogens is 310 g/mol. The van der Waals surface area contributed by atoms with Crippen LogP contribution >= 0.6 is 11.6 Å². The number of nitrogens with zero attached hydrogens (tertiary/aromatic N) is 1. The van der Waals surface area contributed by atoms with Crippen LogP contribution in [0.5, 0.6) is 5.75 Å². The maximum absolute atomic E-state index is 10.5. The number of anilines is 1. The zero-order valence-electron chi connectivity index (χ0n) is 13.8. The Morgan fingerprint density at radius 2 is 1.87 bits per heavy atom. The fourth-order valence-corrected chi connectivity index (χ4v) is 2.41. The van der Waals surface area contributed by atoms with E-state index in [0.29, 0.717) is 11.4 Å². The number of allylic oxidation sites excluding steroid dienone is 4. The van der Waals surface area contributed by atoms with Crippen molar-refractivity contribution in [3.8, 4) is 5.75 Å². The summed E-state index contributed by atoms with van der Waals surface area (Å²) in [5, 5.41) is 22.4. The van der Waals surface area contributed by atoms with Crippen LogP contribution in [-0.4, -0.2) is 21.9 Å². The first-order valence-corrected chi connectivity index (χ1v) is 7.89. The first-order chi connectivity index (χ1) is 10.7. The van der Waals surface area contributed by atoms with Crippen LogP contribution in [0.15, 0.2) is 41.5 Å². The molecule has 0 saturated carbocycles. The Morgan fingerprint density at radius 1 is 1.22 bits per heavy atom. The standard InChI is InChI=1S/C18H22ClN3O/c1-11-9-13(18(2,3)4)17(23)16(10-11)22-21-15-8-6-12(19)5-7-14(15)20/h5-10,12,20,22-23H,1-4H3/b20-14?,21-15-. The second kappa shape index (κ2) is 6.59. The summed E-state index contributed by atoms with van der Waals surface area (Å²) >= 11 is 6.00. The molecule has 3 N–H and O–H groups in total. The van der Waals surface area contributed by atoms with Gasteiger partial charge in [-0.05, 0) is 36.1 Å². The highest BCUT2D eigenvalue weighted by Crippen LogP contribution is 2.37. The number of halogens is 1. The molecule has 23 heavy (non-hydrogen) atoms. The number of rotatable bonds is 2. The van der Waals surface area contributed by atoms with Gasteiger partial charge in [0.25, 0.3) is 0 Å². The van der Waals surface area contributed by atoms with Gasteiger partial charge in [-0.15, -0.1) is 11.6 Å². The van der Waals surface area contributed by atoms with Crippen LogP contribution in [0.1, 0.15) is 31.9 Å². The normalized spacial score (nSPS) is 20.0. The van der Waals surface area contributed by atoms with E-state index in [1.807, 2.05) is 39.8 Å². The van der Waals surface area contributed by atoms with Crippen LogP contribution in [0.2, 0.25) is 0 Å². The third-order valence-electron chi connectivity index (χ3n) is 3.52. The molecule has 122 valence electrons. The van der Waals surface area contributed by atoms with Gasteiger partial charge in [-0.3, -0.25) is 10.8 Å². The molecule has 1 aromatic carbocycles. The Hall–Kier alpha value is -2.07. The Kier molecular flexibility index (Phi) is 4.95. The second-order valence-corrected chi connectivity index (χ2v) is 7.15. The topological polar surface area (TPSA) is 68.5 Å². The van der Waals surface area contributed by atoms with Gasteiger partial charge in [0.2, 0.25) is 0 Å². The van der Waals surface area contributed by atoms with E-state index in [-0.39, 0.29) is 22.3 Å². The predicted molar refractivity (Wildman–Crippen MR) is 98.2 cm³/mol. The summed E-state index contributed by atoms with van der Waals surface area (Å²) in [6, 6.07) is 3.81. The first kappa shape index (κ1) is 17.3. The summed E-state index contributed by atoms with van der Waals surface area (Å²) in [5.41, 5.74) is 5.84. The molecule has 1 aliphatic rings. The van der Waals surface area contributed by atoms with Crippen LogP contribution in [0.3, 0.4) is 0 Å². The smallest absolute Gasteiger partial charge is 0.144 e. The van der Waals surface area contributed by atoms with Crippen LogP contribution in [0.4, 0.5) is 5.69 Å². The third-order valence-corrected chi connectivity index (χ3v) is 3.81. The monoisotopic (exact) mass is 331 g/mol. The Labute approximate surface area is 142 Å². The van der Waals surface area contributed by atoms with Crippen molar-refractivity contribution in [2.24, 2.45) is 5.10 Å². The van der Waals surface area contributed by atoms with Crippen molar-refractivity contribution < 1.29 is 5.11 Å². The Bertz CT molecular complexity index is 712. The van der Waals surface area contributed by atoms with E-state index >= 15 is 0 Å². The summed E-state index contributed by atoms with van der Waals surface area (Å²) < 4.78 is 0. The lowest BCUT2D eigenvalue weighted by molar-refractivity contribution is 0.448. The molecule has 0 heterocycles. The third kappa shape index (κ3) is 4.23. The number of benzene rings is 1. The van der Waals surface area contributed by atoms with Gasteiger partial charge < -0.3 is 5.11 Å². The predicted octanol–water partition coefficient (Wildman–Crippen LogP) is 4.52. The lowest BCUT2D eigenvalue weighted by Gasteiger charge is -2.22. The molecule has 0 aliphatic heterocycles. The van der Waals surface area contributed by atoms with Crippen molar-refractivity contribution in [1.82, 2.24) is 0 Å². The average molecular weight is 332 g/mol. The minimum Gasteiger partial charge on any atom is -0.505 e.